The van der Waals surface area contributed by atoms with Crippen LogP contribution in [0.1, 0.15) is 38.2 Å². The van der Waals surface area contributed by atoms with Gasteiger partial charge in [0.15, 0.2) is 0 Å². The van der Waals surface area contributed by atoms with Crippen LogP contribution in [0.5, 0.6) is 0 Å². The van der Waals surface area contributed by atoms with Gasteiger partial charge in [-0.1, -0.05) is 24.6 Å². The van der Waals surface area contributed by atoms with E-state index in [1.807, 2.05) is 25.1 Å². The van der Waals surface area contributed by atoms with Crippen molar-refractivity contribution in [2.45, 2.75) is 50.0 Å². The van der Waals surface area contributed by atoms with Gasteiger partial charge in [0, 0.05) is 30.4 Å². The first-order valence-corrected chi connectivity index (χ1v) is 12.1. The average molecular weight is 442 g/mol. The number of sulfonamides is 1. The topological polar surface area (TPSA) is 86.8 Å². The van der Waals surface area contributed by atoms with Crippen LogP contribution in [0, 0.1) is 0 Å². The molecule has 2 aliphatic heterocycles. The van der Waals surface area contributed by atoms with E-state index in [0.29, 0.717) is 24.3 Å². The number of carbonyl (C=O) groups is 2. The van der Waals surface area contributed by atoms with Gasteiger partial charge in [0.25, 0.3) is 0 Å². The summed E-state index contributed by atoms with van der Waals surface area (Å²) in [6, 6.07) is 13.9. The van der Waals surface area contributed by atoms with Crippen molar-refractivity contribution in [3.63, 3.8) is 0 Å². The Morgan fingerprint density at radius 2 is 1.87 bits per heavy atom. The molecule has 2 aliphatic rings. The maximum atomic E-state index is 13.2. The Hall–Kier alpha value is -2.71. The van der Waals surface area contributed by atoms with Crippen LogP contribution in [0.2, 0.25) is 0 Å². The number of hydrogen-bond acceptors (Lipinski definition) is 4. The molecular weight excluding hydrogens is 414 g/mol. The molecule has 0 bridgehead atoms. The van der Waals surface area contributed by atoms with E-state index in [0.717, 1.165) is 24.8 Å². The highest BCUT2D eigenvalue weighted by molar-refractivity contribution is 7.89. The Balaban J connectivity index is 1.56. The molecule has 0 aromatic heterocycles. The van der Waals surface area contributed by atoms with E-state index in [4.69, 9.17) is 0 Å². The van der Waals surface area contributed by atoms with Gasteiger partial charge in [-0.3, -0.25) is 9.59 Å². The lowest BCUT2D eigenvalue weighted by atomic mass is 10.0. The fourth-order valence-electron chi connectivity index (χ4n) is 4.30. The second-order valence-corrected chi connectivity index (χ2v) is 10.0. The lowest BCUT2D eigenvalue weighted by Gasteiger charge is -2.33. The minimum absolute atomic E-state index is 0.0189. The zero-order valence-electron chi connectivity index (χ0n) is 17.6. The largest absolute Gasteiger partial charge is 0.325 e. The highest BCUT2D eigenvalue weighted by Crippen LogP contribution is 2.32. The van der Waals surface area contributed by atoms with Gasteiger partial charge in [0.05, 0.1) is 4.90 Å². The average Bonchev–Trinajstić information content (AvgIpc) is 2.76. The Labute approximate surface area is 183 Å². The number of nitrogens with zero attached hydrogens (tertiary/aromatic N) is 2. The van der Waals surface area contributed by atoms with Crippen molar-refractivity contribution < 1.29 is 18.0 Å². The van der Waals surface area contributed by atoms with Crippen molar-refractivity contribution in [1.29, 1.82) is 0 Å². The molecule has 4 rings (SSSR count). The summed E-state index contributed by atoms with van der Waals surface area (Å²) in [6.07, 6.45) is 3.48. The molecule has 2 aromatic rings. The SMILES string of the molecule is C[C@@H]1CCCCN1S(=O)(=O)c1ccc2c(c1)CCC(=O)N2CC(=O)Nc1ccccc1. The number of hydrogen-bond donors (Lipinski definition) is 1. The third-order valence-electron chi connectivity index (χ3n) is 5.96. The quantitative estimate of drug-likeness (QED) is 0.772. The Morgan fingerprint density at radius 3 is 2.61 bits per heavy atom. The van der Waals surface area contributed by atoms with Crippen molar-refractivity contribution in [2.75, 3.05) is 23.3 Å². The fourth-order valence-corrected chi connectivity index (χ4v) is 6.05. The van der Waals surface area contributed by atoms with Gasteiger partial charge in [0.2, 0.25) is 21.8 Å². The van der Waals surface area contributed by atoms with Gasteiger partial charge < -0.3 is 10.2 Å². The molecule has 2 amide bonds. The zero-order valence-corrected chi connectivity index (χ0v) is 18.4. The molecule has 7 nitrogen and oxygen atoms in total. The molecule has 0 radical (unpaired) electrons. The highest BCUT2D eigenvalue weighted by Gasteiger charge is 2.33. The summed E-state index contributed by atoms with van der Waals surface area (Å²) < 4.78 is 28.0. The number of piperidine rings is 1. The van der Waals surface area contributed by atoms with Crippen LogP contribution in [0.25, 0.3) is 0 Å². The van der Waals surface area contributed by atoms with Gasteiger partial charge in [-0.25, -0.2) is 8.42 Å². The molecule has 0 unspecified atom stereocenters. The summed E-state index contributed by atoms with van der Waals surface area (Å²) in [4.78, 5) is 26.7. The normalized spacial score (nSPS) is 19.7. The first-order valence-electron chi connectivity index (χ1n) is 10.7. The lowest BCUT2D eigenvalue weighted by Crippen LogP contribution is -2.42. The molecule has 0 aliphatic carbocycles. The first-order chi connectivity index (χ1) is 14.9. The minimum Gasteiger partial charge on any atom is -0.325 e. The van der Waals surface area contributed by atoms with E-state index in [-0.39, 0.29) is 35.7 Å². The van der Waals surface area contributed by atoms with Gasteiger partial charge >= 0.3 is 0 Å². The molecule has 1 saturated heterocycles. The smallest absolute Gasteiger partial charge is 0.244 e. The van der Waals surface area contributed by atoms with Crippen molar-refractivity contribution in [3.05, 3.63) is 54.1 Å². The predicted octanol–water partition coefficient (Wildman–Crippen LogP) is 3.17. The zero-order chi connectivity index (χ0) is 22.0. The summed E-state index contributed by atoms with van der Waals surface area (Å²) in [5.74, 6) is -0.442. The Kier molecular flexibility index (Phi) is 6.11. The van der Waals surface area contributed by atoms with E-state index < -0.39 is 10.0 Å². The summed E-state index contributed by atoms with van der Waals surface area (Å²) in [5, 5.41) is 2.79. The number of benzene rings is 2. The maximum Gasteiger partial charge on any atom is 0.244 e. The van der Waals surface area contributed by atoms with Crippen molar-refractivity contribution in [3.8, 4) is 0 Å². The van der Waals surface area contributed by atoms with Crippen molar-refractivity contribution in [2.24, 2.45) is 0 Å². The summed E-state index contributed by atoms with van der Waals surface area (Å²) in [7, 11) is -3.59. The second kappa shape index (κ2) is 8.80. The van der Waals surface area contributed by atoms with Crippen molar-refractivity contribution in [1.82, 2.24) is 4.31 Å². The van der Waals surface area contributed by atoms with Crippen LogP contribution >= 0.6 is 0 Å². The van der Waals surface area contributed by atoms with Crippen LogP contribution in [0.3, 0.4) is 0 Å². The molecule has 1 atom stereocenters. The number of nitrogens with one attached hydrogen (secondary N) is 1. The molecule has 2 heterocycles. The summed E-state index contributed by atoms with van der Waals surface area (Å²) in [6.45, 7) is 2.36. The standard InChI is InChI=1S/C23H27N3O4S/c1-17-7-5-6-14-26(17)31(29,30)20-11-12-21-18(15-20)10-13-23(28)25(21)16-22(27)24-19-8-3-2-4-9-19/h2-4,8-9,11-12,15,17H,5-7,10,13-14,16H2,1H3,(H,24,27)/t17-/m1/s1. The molecule has 1 fully saturated rings. The van der Waals surface area contributed by atoms with Gasteiger partial charge in [-0.2, -0.15) is 4.31 Å². The molecule has 0 spiro atoms. The molecule has 31 heavy (non-hydrogen) atoms. The monoisotopic (exact) mass is 441 g/mol. The van der Waals surface area contributed by atoms with Crippen LogP contribution in [0.4, 0.5) is 11.4 Å². The van der Waals surface area contributed by atoms with Crippen molar-refractivity contribution >= 4 is 33.2 Å². The number of amides is 2. The van der Waals surface area contributed by atoms with Gasteiger partial charge in [0.1, 0.15) is 6.54 Å². The van der Waals surface area contributed by atoms with Crippen LogP contribution < -0.4 is 10.2 Å². The maximum absolute atomic E-state index is 13.2. The summed E-state index contributed by atoms with van der Waals surface area (Å²) >= 11 is 0. The first kappa shape index (κ1) is 21.5. The molecule has 164 valence electrons. The highest BCUT2D eigenvalue weighted by atomic mass is 32.2. The van der Waals surface area contributed by atoms with E-state index in [2.05, 4.69) is 5.32 Å². The fraction of sp³-hybridized carbons (Fsp3) is 0.391. The molecule has 8 heteroatoms. The number of rotatable bonds is 5. The van der Waals surface area contributed by atoms with Gasteiger partial charge in [-0.15, -0.1) is 0 Å². The third-order valence-corrected chi connectivity index (χ3v) is 7.97. The van der Waals surface area contributed by atoms with Gasteiger partial charge in [-0.05, 0) is 62.1 Å². The summed E-state index contributed by atoms with van der Waals surface area (Å²) in [5.41, 5.74) is 2.04. The van der Waals surface area contributed by atoms with E-state index in [1.54, 1.807) is 34.6 Å². The Bertz CT molecular complexity index is 1090. The number of aryl methyl sites for hydroxylation is 1. The van der Waals surface area contributed by atoms with E-state index in [9.17, 15) is 18.0 Å². The minimum atomic E-state index is -3.59. The lowest BCUT2D eigenvalue weighted by molar-refractivity contribution is -0.121. The molecular formula is C23H27N3O4S. The molecule has 0 saturated carbocycles. The van der Waals surface area contributed by atoms with E-state index in [1.165, 1.54) is 4.90 Å². The van der Waals surface area contributed by atoms with Crippen LogP contribution in [0.15, 0.2) is 53.4 Å². The second-order valence-electron chi connectivity index (χ2n) is 8.15. The molecule has 1 N–H and O–H groups in total. The number of fused-ring (bicyclic) bond motifs is 1. The number of carbonyl (C=O) groups excluding carboxylic acids is 2. The molecule has 2 aromatic carbocycles. The third kappa shape index (κ3) is 4.50. The van der Waals surface area contributed by atoms with E-state index >= 15 is 0 Å². The number of para-hydroxylation sites is 1. The Morgan fingerprint density at radius 1 is 1.10 bits per heavy atom. The predicted molar refractivity (Wildman–Crippen MR) is 119 cm³/mol. The van der Waals surface area contributed by atoms with Crippen LogP contribution in [-0.2, 0) is 26.0 Å². The van der Waals surface area contributed by atoms with Crippen LogP contribution in [-0.4, -0.2) is 43.7 Å². The number of anilines is 2.